The predicted molar refractivity (Wildman–Crippen MR) is 69.3 cm³/mol. The molecular weight excluding hydrogens is 228 g/mol. The number of H-pyrrole nitrogens is 1. The quantitative estimate of drug-likeness (QED) is 0.844. The fourth-order valence-electron chi connectivity index (χ4n) is 2.30. The van der Waals surface area contributed by atoms with E-state index >= 15 is 0 Å². The van der Waals surface area contributed by atoms with Gasteiger partial charge in [0.25, 0.3) is 0 Å². The summed E-state index contributed by atoms with van der Waals surface area (Å²) < 4.78 is 5.59. The van der Waals surface area contributed by atoms with Gasteiger partial charge in [-0.1, -0.05) is 0 Å². The van der Waals surface area contributed by atoms with Gasteiger partial charge in [-0.3, -0.25) is 0 Å². The van der Waals surface area contributed by atoms with E-state index in [0.717, 1.165) is 42.7 Å². The smallest absolute Gasteiger partial charge is 0.152 e. The van der Waals surface area contributed by atoms with Crippen LogP contribution in [0.2, 0.25) is 0 Å². The lowest BCUT2D eigenvalue weighted by Gasteiger charge is -2.29. The Morgan fingerprint density at radius 1 is 1.44 bits per heavy atom. The van der Waals surface area contributed by atoms with Gasteiger partial charge in [0.1, 0.15) is 17.3 Å². The molecule has 0 aromatic carbocycles. The number of hydrogen-bond donors (Lipinski definition) is 2. The molecule has 18 heavy (non-hydrogen) atoms. The maximum Gasteiger partial charge on any atom is 0.152 e. The second-order valence-corrected chi connectivity index (χ2v) is 4.86. The van der Waals surface area contributed by atoms with E-state index in [1.807, 2.05) is 25.3 Å². The van der Waals surface area contributed by atoms with Gasteiger partial charge >= 0.3 is 0 Å². The van der Waals surface area contributed by atoms with Gasteiger partial charge in [-0.05, 0) is 26.1 Å². The largest absolute Gasteiger partial charge is 0.460 e. The van der Waals surface area contributed by atoms with Gasteiger partial charge in [0.15, 0.2) is 5.76 Å². The second-order valence-electron chi connectivity index (χ2n) is 4.86. The Hall–Kier alpha value is -1.59. The van der Waals surface area contributed by atoms with E-state index in [-0.39, 0.29) is 6.04 Å². The van der Waals surface area contributed by atoms with Crippen molar-refractivity contribution in [2.75, 3.05) is 26.7 Å². The minimum absolute atomic E-state index is 0.272. The number of nitrogens with one attached hydrogen (secondary N) is 2. The third-order valence-electron chi connectivity index (χ3n) is 3.31. The lowest BCUT2D eigenvalue weighted by atomic mass is 10.2. The van der Waals surface area contributed by atoms with Crippen LogP contribution in [0.5, 0.6) is 0 Å². The van der Waals surface area contributed by atoms with Gasteiger partial charge in [-0.25, -0.2) is 4.98 Å². The summed E-state index contributed by atoms with van der Waals surface area (Å²) in [7, 11) is 2.13. The molecule has 0 bridgehead atoms. The van der Waals surface area contributed by atoms with E-state index in [2.05, 4.69) is 27.2 Å². The summed E-state index contributed by atoms with van der Waals surface area (Å²) >= 11 is 0. The normalized spacial score (nSPS) is 21.3. The number of likely N-dealkylation sites (N-methyl/N-ethyl adjacent to an activating group) is 1. The van der Waals surface area contributed by atoms with Crippen molar-refractivity contribution in [3.8, 4) is 11.5 Å². The molecule has 0 radical (unpaired) electrons. The number of nitrogens with zero attached hydrogens (tertiary/aromatic N) is 2. The monoisotopic (exact) mass is 246 g/mol. The molecule has 2 aromatic heterocycles. The van der Waals surface area contributed by atoms with E-state index < -0.39 is 0 Å². The molecular formula is C13H18N4O. The number of hydrogen-bond acceptors (Lipinski definition) is 4. The summed E-state index contributed by atoms with van der Waals surface area (Å²) in [5.74, 6) is 2.73. The standard InChI is InChI=1S/C13H18N4O/c1-9-3-4-12(18-9)10-7-15-13(16-10)11-8-17(2)6-5-14-11/h3-4,7,11,14H,5-6,8H2,1-2H3,(H,15,16). The van der Waals surface area contributed by atoms with Gasteiger partial charge in [0.2, 0.25) is 0 Å². The van der Waals surface area contributed by atoms with E-state index in [0.29, 0.717) is 0 Å². The Balaban J connectivity index is 1.80. The Kier molecular flexibility index (Phi) is 2.93. The van der Waals surface area contributed by atoms with Crippen molar-refractivity contribution >= 4 is 0 Å². The van der Waals surface area contributed by atoms with Crippen molar-refractivity contribution in [3.63, 3.8) is 0 Å². The third kappa shape index (κ3) is 2.19. The number of imidazole rings is 1. The van der Waals surface area contributed by atoms with Crippen molar-refractivity contribution < 1.29 is 4.42 Å². The SMILES string of the molecule is Cc1ccc(-c2cnc(C3CN(C)CCN3)[nH]2)o1. The number of furan rings is 1. The summed E-state index contributed by atoms with van der Waals surface area (Å²) in [6.07, 6.45) is 1.84. The number of aromatic amines is 1. The first-order valence-electron chi connectivity index (χ1n) is 6.26. The average molecular weight is 246 g/mol. The van der Waals surface area contributed by atoms with Gasteiger partial charge in [0.05, 0.1) is 12.2 Å². The molecule has 3 rings (SSSR count). The zero-order valence-corrected chi connectivity index (χ0v) is 10.7. The van der Waals surface area contributed by atoms with E-state index in [1.54, 1.807) is 0 Å². The fraction of sp³-hybridized carbons (Fsp3) is 0.462. The Bertz CT molecular complexity index is 531. The van der Waals surface area contributed by atoms with Crippen molar-refractivity contribution in [1.29, 1.82) is 0 Å². The highest BCUT2D eigenvalue weighted by molar-refractivity contribution is 5.51. The van der Waals surface area contributed by atoms with Gasteiger partial charge < -0.3 is 19.6 Å². The van der Waals surface area contributed by atoms with Crippen LogP contribution in [0.1, 0.15) is 17.6 Å². The first-order valence-corrected chi connectivity index (χ1v) is 6.26. The molecule has 2 N–H and O–H groups in total. The van der Waals surface area contributed by atoms with Gasteiger partial charge in [-0.2, -0.15) is 0 Å². The first-order chi connectivity index (χ1) is 8.72. The fourth-order valence-corrected chi connectivity index (χ4v) is 2.30. The molecule has 1 fully saturated rings. The maximum absolute atomic E-state index is 5.59. The van der Waals surface area contributed by atoms with Crippen molar-refractivity contribution in [1.82, 2.24) is 20.2 Å². The molecule has 1 atom stereocenters. The summed E-state index contributed by atoms with van der Waals surface area (Å²) in [4.78, 5) is 10.1. The van der Waals surface area contributed by atoms with Gasteiger partial charge in [0, 0.05) is 19.6 Å². The van der Waals surface area contributed by atoms with E-state index in [1.165, 1.54) is 0 Å². The molecule has 0 amide bonds. The van der Waals surface area contributed by atoms with Crippen LogP contribution in [0.15, 0.2) is 22.7 Å². The highest BCUT2D eigenvalue weighted by Crippen LogP contribution is 2.22. The van der Waals surface area contributed by atoms with Crippen LogP contribution in [0, 0.1) is 6.92 Å². The number of aromatic nitrogens is 2. The average Bonchev–Trinajstić information content (AvgIpc) is 2.97. The lowest BCUT2D eigenvalue weighted by Crippen LogP contribution is -2.44. The van der Waals surface area contributed by atoms with E-state index in [9.17, 15) is 0 Å². The maximum atomic E-state index is 5.59. The molecule has 1 saturated heterocycles. The Morgan fingerprint density at radius 3 is 3.06 bits per heavy atom. The number of piperazine rings is 1. The molecule has 1 aliphatic heterocycles. The first kappa shape index (κ1) is 11.5. The molecule has 0 saturated carbocycles. The van der Waals surface area contributed by atoms with Crippen molar-refractivity contribution in [2.45, 2.75) is 13.0 Å². The highest BCUT2D eigenvalue weighted by Gasteiger charge is 2.21. The molecule has 0 aliphatic carbocycles. The van der Waals surface area contributed by atoms with Gasteiger partial charge in [-0.15, -0.1) is 0 Å². The van der Waals surface area contributed by atoms with Crippen molar-refractivity contribution in [3.05, 3.63) is 29.9 Å². The van der Waals surface area contributed by atoms with E-state index in [4.69, 9.17) is 4.42 Å². The Morgan fingerprint density at radius 2 is 2.33 bits per heavy atom. The topological polar surface area (TPSA) is 57.1 Å². The van der Waals surface area contributed by atoms with Crippen LogP contribution in [-0.2, 0) is 0 Å². The molecule has 5 nitrogen and oxygen atoms in total. The summed E-state index contributed by atoms with van der Waals surface area (Å²) in [6.45, 7) is 5.00. The van der Waals surface area contributed by atoms with Crippen molar-refractivity contribution in [2.24, 2.45) is 0 Å². The second kappa shape index (κ2) is 4.59. The minimum Gasteiger partial charge on any atom is -0.460 e. The molecule has 2 aromatic rings. The Labute approximate surface area is 106 Å². The van der Waals surface area contributed by atoms with Crippen LogP contribution in [0.25, 0.3) is 11.5 Å². The zero-order chi connectivity index (χ0) is 12.5. The molecule has 1 unspecified atom stereocenters. The molecule has 5 heteroatoms. The summed E-state index contributed by atoms with van der Waals surface area (Å²) in [5.41, 5.74) is 0.938. The van der Waals surface area contributed by atoms with Crippen LogP contribution in [0.3, 0.4) is 0 Å². The molecule has 3 heterocycles. The van der Waals surface area contributed by atoms with Crippen LogP contribution in [-0.4, -0.2) is 41.5 Å². The molecule has 0 spiro atoms. The predicted octanol–water partition coefficient (Wildman–Crippen LogP) is 1.55. The lowest BCUT2D eigenvalue weighted by molar-refractivity contribution is 0.236. The zero-order valence-electron chi connectivity index (χ0n) is 10.7. The molecule has 96 valence electrons. The van der Waals surface area contributed by atoms with Crippen LogP contribution < -0.4 is 5.32 Å². The van der Waals surface area contributed by atoms with Crippen LogP contribution in [0.4, 0.5) is 0 Å². The summed E-state index contributed by atoms with van der Waals surface area (Å²) in [5, 5.41) is 3.47. The minimum atomic E-state index is 0.272. The summed E-state index contributed by atoms with van der Waals surface area (Å²) in [6, 6.07) is 4.20. The third-order valence-corrected chi connectivity index (χ3v) is 3.31. The highest BCUT2D eigenvalue weighted by atomic mass is 16.3. The number of aryl methyl sites for hydroxylation is 1. The van der Waals surface area contributed by atoms with Crippen LogP contribution >= 0.6 is 0 Å². The molecule has 1 aliphatic rings. The number of rotatable bonds is 2.